The van der Waals surface area contributed by atoms with E-state index in [4.69, 9.17) is 15.5 Å². The van der Waals surface area contributed by atoms with Crippen molar-refractivity contribution < 1.29 is 13.6 Å². The van der Waals surface area contributed by atoms with E-state index >= 15 is 0 Å². The molecular formula is C14H19BrN3O5P. The van der Waals surface area contributed by atoms with Crippen molar-refractivity contribution in [2.75, 3.05) is 19.4 Å². The Morgan fingerprint density at radius 3 is 2.46 bits per heavy atom. The molecule has 24 heavy (non-hydrogen) atoms. The summed E-state index contributed by atoms with van der Waals surface area (Å²) < 4.78 is 24.5. The third kappa shape index (κ3) is 5.56. The Labute approximate surface area is 148 Å². The second-order valence-corrected chi connectivity index (χ2v) is 7.31. The molecule has 0 unspecified atom stereocenters. The van der Waals surface area contributed by atoms with E-state index in [1.165, 1.54) is 0 Å². The van der Waals surface area contributed by atoms with Crippen molar-refractivity contribution in [2.45, 2.75) is 26.9 Å². The Bertz CT molecular complexity index is 783. The van der Waals surface area contributed by atoms with Crippen molar-refractivity contribution in [1.29, 1.82) is 0 Å². The first-order chi connectivity index (χ1) is 11.4. The van der Waals surface area contributed by atoms with Gasteiger partial charge in [0.1, 0.15) is 0 Å². The van der Waals surface area contributed by atoms with Crippen LogP contribution in [0.3, 0.4) is 0 Å². The fourth-order valence-electron chi connectivity index (χ4n) is 1.79. The van der Waals surface area contributed by atoms with Gasteiger partial charge >= 0.3 is 13.3 Å². The number of aromatic nitrogens is 3. The van der Waals surface area contributed by atoms with Gasteiger partial charge in [0, 0.05) is 0 Å². The van der Waals surface area contributed by atoms with Gasteiger partial charge in [0.05, 0.1) is 32.5 Å². The minimum atomic E-state index is -3.18. The van der Waals surface area contributed by atoms with Crippen molar-refractivity contribution in [3.05, 3.63) is 37.6 Å². The number of hydrogen-bond donors (Lipinski definition) is 0. The van der Waals surface area contributed by atoms with Crippen LogP contribution >= 0.6 is 23.5 Å². The summed E-state index contributed by atoms with van der Waals surface area (Å²) in [5.41, 5.74) is -1.21. The third-order valence-electron chi connectivity index (χ3n) is 2.76. The molecule has 0 spiro atoms. The zero-order valence-electron chi connectivity index (χ0n) is 13.5. The van der Waals surface area contributed by atoms with Crippen LogP contribution in [-0.4, -0.2) is 33.7 Å². The molecule has 1 aromatic heterocycles. The number of nitrogens with zero attached hydrogens (tertiary/aromatic N) is 3. The van der Waals surface area contributed by atoms with Crippen LogP contribution < -0.4 is 11.2 Å². The fourth-order valence-corrected chi connectivity index (χ4v) is 3.68. The minimum Gasteiger partial charge on any atom is -0.309 e. The zero-order chi connectivity index (χ0) is 18.2. The highest BCUT2D eigenvalue weighted by Crippen LogP contribution is 2.47. The summed E-state index contributed by atoms with van der Waals surface area (Å²) in [5.74, 6) is 2.25. The molecule has 1 heterocycles. The van der Waals surface area contributed by atoms with E-state index in [1.54, 1.807) is 26.0 Å². The molecule has 0 aliphatic rings. The molecule has 1 rings (SSSR count). The summed E-state index contributed by atoms with van der Waals surface area (Å²) in [6, 6.07) is 0. The summed E-state index contributed by atoms with van der Waals surface area (Å²) in [6.45, 7) is 3.94. The van der Waals surface area contributed by atoms with Gasteiger partial charge in [-0.05, 0) is 29.8 Å². The SMILES string of the molecule is C#CCn1c(=O)c(Br)nn(C/C=C/CP(=O)(OCC)OCC)c1=O. The molecule has 8 nitrogen and oxygen atoms in total. The first-order valence-electron chi connectivity index (χ1n) is 7.22. The maximum Gasteiger partial charge on any atom is 0.348 e. The molecule has 10 heteroatoms. The third-order valence-corrected chi connectivity index (χ3v) is 5.22. The molecule has 0 saturated carbocycles. The molecule has 0 bridgehead atoms. The largest absolute Gasteiger partial charge is 0.348 e. The zero-order valence-corrected chi connectivity index (χ0v) is 16.0. The molecule has 0 amide bonds. The van der Waals surface area contributed by atoms with Gasteiger partial charge < -0.3 is 9.05 Å². The van der Waals surface area contributed by atoms with Gasteiger partial charge in [-0.25, -0.2) is 14.0 Å². The Hall–Kier alpha value is -1.46. The topological polar surface area (TPSA) is 92.4 Å². The van der Waals surface area contributed by atoms with Crippen LogP contribution in [0.4, 0.5) is 0 Å². The van der Waals surface area contributed by atoms with Gasteiger partial charge in [-0.1, -0.05) is 18.1 Å². The first kappa shape index (κ1) is 20.6. The molecular weight excluding hydrogens is 401 g/mol. The molecule has 0 aliphatic carbocycles. The van der Waals surface area contributed by atoms with E-state index < -0.39 is 18.8 Å². The Kier molecular flexibility index (Phi) is 8.36. The molecule has 0 N–H and O–H groups in total. The van der Waals surface area contributed by atoms with Gasteiger partial charge in [-0.2, -0.15) is 5.10 Å². The second-order valence-electron chi connectivity index (χ2n) is 4.45. The molecule has 0 fully saturated rings. The summed E-state index contributed by atoms with van der Waals surface area (Å²) in [4.78, 5) is 23.9. The lowest BCUT2D eigenvalue weighted by atomic mass is 10.5. The average molecular weight is 420 g/mol. The normalized spacial score (nSPS) is 11.8. The lowest BCUT2D eigenvalue weighted by Gasteiger charge is -2.14. The van der Waals surface area contributed by atoms with Crippen LogP contribution in [-0.2, 0) is 26.7 Å². The summed E-state index contributed by atoms with van der Waals surface area (Å²) >= 11 is 3.00. The Balaban J connectivity index is 2.92. The summed E-state index contributed by atoms with van der Waals surface area (Å²) in [7, 11) is -3.18. The lowest BCUT2D eigenvalue weighted by molar-refractivity contribution is 0.222. The molecule has 1 aromatic rings. The van der Waals surface area contributed by atoms with Gasteiger partial charge in [0.15, 0.2) is 4.60 Å². The Morgan fingerprint density at radius 2 is 1.92 bits per heavy atom. The van der Waals surface area contributed by atoms with Gasteiger partial charge in [0.25, 0.3) is 5.56 Å². The number of allylic oxidation sites excluding steroid dienone is 2. The highest BCUT2D eigenvalue weighted by Gasteiger charge is 2.21. The van der Waals surface area contributed by atoms with Gasteiger partial charge in [-0.15, -0.1) is 6.42 Å². The summed E-state index contributed by atoms with van der Waals surface area (Å²) in [5, 5.41) is 3.86. The lowest BCUT2D eigenvalue weighted by Crippen LogP contribution is -2.41. The van der Waals surface area contributed by atoms with Crippen molar-refractivity contribution >= 4 is 23.5 Å². The summed E-state index contributed by atoms with van der Waals surface area (Å²) in [6.07, 6.45) is 8.42. The van der Waals surface area contributed by atoms with E-state index in [0.717, 1.165) is 9.25 Å². The van der Waals surface area contributed by atoms with E-state index in [0.29, 0.717) is 0 Å². The van der Waals surface area contributed by atoms with Crippen molar-refractivity contribution in [1.82, 2.24) is 14.3 Å². The van der Waals surface area contributed by atoms with Crippen LogP contribution in [0.15, 0.2) is 26.3 Å². The molecule has 0 aromatic carbocycles. The van der Waals surface area contributed by atoms with Crippen molar-refractivity contribution in [3.63, 3.8) is 0 Å². The minimum absolute atomic E-state index is 0.0138. The van der Waals surface area contributed by atoms with Gasteiger partial charge in [-0.3, -0.25) is 9.36 Å². The van der Waals surface area contributed by atoms with E-state index in [9.17, 15) is 14.2 Å². The van der Waals surface area contributed by atoms with Crippen LogP contribution in [0.5, 0.6) is 0 Å². The maximum atomic E-state index is 12.3. The number of hydrogen-bond acceptors (Lipinski definition) is 6. The molecule has 0 aliphatic heterocycles. The fraction of sp³-hybridized carbons (Fsp3) is 0.500. The Morgan fingerprint density at radius 1 is 1.29 bits per heavy atom. The molecule has 0 radical (unpaired) electrons. The predicted molar refractivity (Wildman–Crippen MR) is 94.2 cm³/mol. The van der Waals surface area contributed by atoms with E-state index in [-0.39, 0.29) is 37.1 Å². The monoisotopic (exact) mass is 419 g/mol. The van der Waals surface area contributed by atoms with Crippen molar-refractivity contribution in [2.24, 2.45) is 0 Å². The highest BCUT2D eigenvalue weighted by atomic mass is 79.9. The number of terminal acetylenes is 1. The van der Waals surface area contributed by atoms with Gasteiger partial charge in [0.2, 0.25) is 0 Å². The highest BCUT2D eigenvalue weighted by molar-refractivity contribution is 9.10. The number of rotatable bonds is 9. The van der Waals surface area contributed by atoms with Crippen LogP contribution in [0.1, 0.15) is 13.8 Å². The first-order valence-corrected chi connectivity index (χ1v) is 9.74. The predicted octanol–water partition coefficient (Wildman–Crippen LogP) is 1.62. The quantitative estimate of drug-likeness (QED) is 0.343. The second kappa shape index (κ2) is 9.74. The average Bonchev–Trinajstić information content (AvgIpc) is 2.53. The van der Waals surface area contributed by atoms with Crippen molar-refractivity contribution in [3.8, 4) is 12.3 Å². The van der Waals surface area contributed by atoms with Crippen LogP contribution in [0.25, 0.3) is 0 Å². The van der Waals surface area contributed by atoms with E-state index in [1.807, 2.05) is 0 Å². The molecule has 0 saturated heterocycles. The van der Waals surface area contributed by atoms with Crippen LogP contribution in [0.2, 0.25) is 0 Å². The van der Waals surface area contributed by atoms with Crippen LogP contribution in [0, 0.1) is 12.3 Å². The maximum absolute atomic E-state index is 12.3. The van der Waals surface area contributed by atoms with E-state index in [2.05, 4.69) is 26.9 Å². The number of halogens is 1. The molecule has 132 valence electrons. The smallest absolute Gasteiger partial charge is 0.309 e. The standard InChI is InChI=1S/C14H19BrN3O5P/c1-4-9-17-13(19)12(15)16-18(14(17)20)10-7-8-11-24(21,22-5-2)23-6-3/h1,7-8H,5-6,9-11H2,2-3H3/b8-7+. The molecule has 0 atom stereocenters.